The van der Waals surface area contributed by atoms with Crippen LogP contribution in [0.3, 0.4) is 0 Å². The number of aromatic nitrogens is 3. The van der Waals surface area contributed by atoms with Crippen molar-refractivity contribution in [2.75, 3.05) is 14.2 Å². The van der Waals surface area contributed by atoms with E-state index >= 15 is 0 Å². The second kappa shape index (κ2) is 9.20. The van der Waals surface area contributed by atoms with Crippen LogP contribution >= 0.6 is 0 Å². The van der Waals surface area contributed by atoms with Crippen LogP contribution in [0.2, 0.25) is 0 Å². The first-order valence-corrected chi connectivity index (χ1v) is 11.8. The number of hydrogen-bond acceptors (Lipinski definition) is 7. The van der Waals surface area contributed by atoms with Gasteiger partial charge in [-0.25, -0.2) is 17.8 Å². The predicted octanol–water partition coefficient (Wildman–Crippen LogP) is 1.88. The zero-order valence-corrected chi connectivity index (χ0v) is 19.4. The molecule has 1 aliphatic rings. The maximum Gasteiger partial charge on any atom is 0.247 e. The third kappa shape index (κ3) is 4.55. The van der Waals surface area contributed by atoms with E-state index in [-0.39, 0.29) is 17.3 Å². The highest BCUT2D eigenvalue weighted by atomic mass is 32.2. The van der Waals surface area contributed by atoms with E-state index in [0.29, 0.717) is 36.0 Å². The molecule has 10 nitrogen and oxygen atoms in total. The molecule has 174 valence electrons. The molecule has 2 aromatic carbocycles. The van der Waals surface area contributed by atoms with Gasteiger partial charge in [-0.15, -0.1) is 5.10 Å². The summed E-state index contributed by atoms with van der Waals surface area (Å²) in [7, 11) is -0.933. The summed E-state index contributed by atoms with van der Waals surface area (Å²) in [6, 6.07) is 13.5. The average Bonchev–Trinajstić information content (AvgIpc) is 3.24. The Labute approximate surface area is 192 Å². The van der Waals surface area contributed by atoms with Gasteiger partial charge in [-0.2, -0.15) is 0 Å². The maximum atomic E-state index is 12.9. The number of amides is 1. The molecule has 3 aromatic rings. The van der Waals surface area contributed by atoms with Gasteiger partial charge in [0.15, 0.2) is 11.5 Å². The summed E-state index contributed by atoms with van der Waals surface area (Å²) in [4.78, 5) is 14.6. The minimum atomic E-state index is -3.85. The quantitative estimate of drug-likeness (QED) is 0.533. The normalized spacial score (nSPS) is 15.9. The number of methoxy groups -OCH3 is 2. The molecule has 0 fully saturated rings. The van der Waals surface area contributed by atoms with Gasteiger partial charge >= 0.3 is 0 Å². The van der Waals surface area contributed by atoms with Gasteiger partial charge in [-0.05, 0) is 24.6 Å². The number of sulfonamides is 1. The first-order chi connectivity index (χ1) is 15.8. The van der Waals surface area contributed by atoms with Crippen LogP contribution in [0.15, 0.2) is 53.4 Å². The Balaban J connectivity index is 1.53. The molecule has 1 unspecified atom stereocenters. The lowest BCUT2D eigenvalue weighted by molar-refractivity contribution is -0.138. The largest absolute Gasteiger partial charge is 0.493 e. The second-order valence-corrected chi connectivity index (χ2v) is 9.39. The maximum absolute atomic E-state index is 12.9. The van der Waals surface area contributed by atoms with Gasteiger partial charge in [0, 0.05) is 12.6 Å². The molecule has 1 aromatic heterocycles. The molecule has 1 aliphatic heterocycles. The summed E-state index contributed by atoms with van der Waals surface area (Å²) >= 11 is 0. The van der Waals surface area contributed by atoms with E-state index in [2.05, 4.69) is 15.0 Å². The van der Waals surface area contributed by atoms with Crippen LogP contribution in [0.25, 0.3) is 0 Å². The first kappa shape index (κ1) is 22.7. The molecule has 0 saturated heterocycles. The summed E-state index contributed by atoms with van der Waals surface area (Å²) in [5.41, 5.74) is 2.18. The highest BCUT2D eigenvalue weighted by Crippen LogP contribution is 2.30. The average molecular weight is 472 g/mol. The van der Waals surface area contributed by atoms with E-state index in [9.17, 15) is 13.2 Å². The summed E-state index contributed by atoms with van der Waals surface area (Å²) < 4.78 is 40.2. The molecule has 0 aliphatic carbocycles. The van der Waals surface area contributed by atoms with Gasteiger partial charge in [0.25, 0.3) is 0 Å². The number of nitrogens with zero attached hydrogens (tertiary/aromatic N) is 4. The zero-order chi connectivity index (χ0) is 23.6. The number of carbonyl (C=O) groups excluding carboxylic acids is 1. The molecular formula is C22H25N5O5S. The number of fused-ring (bicyclic) bond motifs is 1. The Hall–Kier alpha value is -3.44. The monoisotopic (exact) mass is 471 g/mol. The Morgan fingerprint density at radius 1 is 1.09 bits per heavy atom. The fourth-order valence-corrected chi connectivity index (χ4v) is 4.76. The Bertz CT molecular complexity index is 1260. The van der Waals surface area contributed by atoms with Crippen molar-refractivity contribution in [2.45, 2.75) is 37.5 Å². The molecule has 4 rings (SSSR count). The van der Waals surface area contributed by atoms with E-state index in [1.807, 2.05) is 30.3 Å². The lowest BCUT2D eigenvalue weighted by Gasteiger charge is -2.31. The van der Waals surface area contributed by atoms with Crippen molar-refractivity contribution < 1.29 is 22.7 Å². The number of carbonyl (C=O) groups is 1. The topological polar surface area (TPSA) is 116 Å². The van der Waals surface area contributed by atoms with Crippen LogP contribution in [-0.4, -0.2) is 48.4 Å². The van der Waals surface area contributed by atoms with Gasteiger partial charge in [0.1, 0.15) is 11.7 Å². The van der Waals surface area contributed by atoms with E-state index in [0.717, 1.165) is 5.56 Å². The highest BCUT2D eigenvalue weighted by Gasteiger charge is 2.33. The third-order valence-corrected chi connectivity index (χ3v) is 6.96. The van der Waals surface area contributed by atoms with Gasteiger partial charge in [0.05, 0.1) is 37.9 Å². The van der Waals surface area contributed by atoms with Crippen molar-refractivity contribution in [2.24, 2.45) is 0 Å². The number of hydrogen-bond donors (Lipinski definition) is 1. The van der Waals surface area contributed by atoms with E-state index in [4.69, 9.17) is 9.47 Å². The molecule has 0 bridgehead atoms. The second-order valence-electron chi connectivity index (χ2n) is 7.62. The fourth-order valence-electron chi connectivity index (χ4n) is 3.75. The van der Waals surface area contributed by atoms with Crippen LogP contribution in [0.1, 0.15) is 29.9 Å². The standard InChI is InChI=1S/C22H25N5O5S/c1-15-22(28)26(13-16-7-5-4-6-8-16)14-19-18(24-25-27(15)19)12-23-33(29,30)17-9-10-20(31-2)21(11-17)32-3/h4-11,15,23H,12-14H2,1-3H3. The molecule has 0 radical (unpaired) electrons. The predicted molar refractivity (Wildman–Crippen MR) is 119 cm³/mol. The molecule has 0 saturated carbocycles. The summed E-state index contributed by atoms with van der Waals surface area (Å²) in [6.07, 6.45) is 0. The lowest BCUT2D eigenvalue weighted by Crippen LogP contribution is -2.41. The summed E-state index contributed by atoms with van der Waals surface area (Å²) in [6.45, 7) is 2.44. The fraction of sp³-hybridized carbons (Fsp3) is 0.318. The molecule has 0 spiro atoms. The van der Waals surface area contributed by atoms with Gasteiger partial charge < -0.3 is 14.4 Å². The summed E-state index contributed by atoms with van der Waals surface area (Å²) in [5.74, 6) is 0.681. The number of rotatable bonds is 8. The minimum Gasteiger partial charge on any atom is -0.493 e. The van der Waals surface area contributed by atoms with Gasteiger partial charge in [-0.3, -0.25) is 4.79 Å². The zero-order valence-electron chi connectivity index (χ0n) is 18.6. The number of benzene rings is 2. The van der Waals surface area contributed by atoms with E-state index in [1.54, 1.807) is 16.5 Å². The summed E-state index contributed by atoms with van der Waals surface area (Å²) in [5, 5.41) is 8.25. The minimum absolute atomic E-state index is 0.0374. The van der Waals surface area contributed by atoms with E-state index < -0.39 is 16.1 Å². The van der Waals surface area contributed by atoms with Crippen molar-refractivity contribution in [1.82, 2.24) is 24.6 Å². The molecule has 33 heavy (non-hydrogen) atoms. The molecule has 1 amide bonds. The highest BCUT2D eigenvalue weighted by molar-refractivity contribution is 7.89. The molecule has 11 heteroatoms. The lowest BCUT2D eigenvalue weighted by atomic mass is 10.1. The third-order valence-electron chi connectivity index (χ3n) is 5.56. The Morgan fingerprint density at radius 2 is 1.82 bits per heavy atom. The van der Waals surface area contributed by atoms with E-state index in [1.165, 1.54) is 32.4 Å². The number of nitrogens with one attached hydrogen (secondary N) is 1. The first-order valence-electron chi connectivity index (χ1n) is 10.3. The Morgan fingerprint density at radius 3 is 2.52 bits per heavy atom. The van der Waals surface area contributed by atoms with Crippen LogP contribution in [0, 0.1) is 0 Å². The van der Waals surface area contributed by atoms with Crippen LogP contribution < -0.4 is 14.2 Å². The Kier molecular flexibility index (Phi) is 6.34. The molecular weight excluding hydrogens is 446 g/mol. The van der Waals surface area contributed by atoms with Crippen LogP contribution in [-0.2, 0) is 34.5 Å². The van der Waals surface area contributed by atoms with Crippen LogP contribution in [0.5, 0.6) is 11.5 Å². The number of ether oxygens (including phenoxy) is 2. The van der Waals surface area contributed by atoms with Gasteiger partial charge in [0.2, 0.25) is 15.9 Å². The molecule has 1 atom stereocenters. The SMILES string of the molecule is COc1ccc(S(=O)(=O)NCc2nnn3c2CN(Cc2ccccc2)C(=O)C3C)cc1OC. The molecule has 2 heterocycles. The van der Waals surface area contributed by atoms with Crippen molar-refractivity contribution in [1.29, 1.82) is 0 Å². The smallest absolute Gasteiger partial charge is 0.247 e. The van der Waals surface area contributed by atoms with Crippen LogP contribution in [0.4, 0.5) is 0 Å². The van der Waals surface area contributed by atoms with Crippen molar-refractivity contribution >= 4 is 15.9 Å². The van der Waals surface area contributed by atoms with Crippen molar-refractivity contribution in [3.05, 3.63) is 65.5 Å². The molecule has 1 N–H and O–H groups in total. The van der Waals surface area contributed by atoms with Crippen molar-refractivity contribution in [3.63, 3.8) is 0 Å². The van der Waals surface area contributed by atoms with Gasteiger partial charge in [-0.1, -0.05) is 35.5 Å². The van der Waals surface area contributed by atoms with Crippen molar-refractivity contribution in [3.8, 4) is 11.5 Å².